The van der Waals surface area contributed by atoms with Gasteiger partial charge in [0.2, 0.25) is 10.0 Å². The standard InChI is InChI=1S/C19H23N3O5S/c1-4-27-17-11-9-16(10-12-17)22(28(3,25)26)14(2)19(24)21-20-13-15-7-5-6-8-18(15)23/h5-14,23H,4H2,1-3H3,(H,21,24)/b20-13-/t14-/m0/s1. The number of nitrogens with one attached hydrogen (secondary N) is 1. The quantitative estimate of drug-likeness (QED) is 0.516. The lowest BCUT2D eigenvalue weighted by atomic mass is 10.2. The highest BCUT2D eigenvalue weighted by Crippen LogP contribution is 2.24. The molecule has 9 heteroatoms. The van der Waals surface area contributed by atoms with Crippen LogP contribution in [0.5, 0.6) is 11.5 Å². The second-order valence-corrected chi connectivity index (χ2v) is 7.81. The van der Waals surface area contributed by atoms with Crippen molar-refractivity contribution in [1.82, 2.24) is 5.43 Å². The van der Waals surface area contributed by atoms with Crippen LogP contribution >= 0.6 is 0 Å². The Balaban J connectivity index is 2.17. The summed E-state index contributed by atoms with van der Waals surface area (Å²) in [5, 5.41) is 13.5. The van der Waals surface area contributed by atoms with Crippen LogP contribution in [0.4, 0.5) is 5.69 Å². The van der Waals surface area contributed by atoms with Crippen molar-refractivity contribution >= 4 is 27.8 Å². The highest BCUT2D eigenvalue weighted by molar-refractivity contribution is 7.92. The lowest BCUT2D eigenvalue weighted by molar-refractivity contribution is -0.121. The van der Waals surface area contributed by atoms with Crippen LogP contribution in [0.2, 0.25) is 0 Å². The van der Waals surface area contributed by atoms with Crippen molar-refractivity contribution in [1.29, 1.82) is 0 Å². The number of rotatable bonds is 8. The molecule has 0 bridgehead atoms. The molecule has 1 atom stereocenters. The first-order valence-electron chi connectivity index (χ1n) is 8.57. The van der Waals surface area contributed by atoms with Gasteiger partial charge in [-0.3, -0.25) is 9.10 Å². The number of hydrogen-bond donors (Lipinski definition) is 2. The van der Waals surface area contributed by atoms with Crippen molar-refractivity contribution < 1.29 is 23.1 Å². The molecule has 0 aromatic heterocycles. The predicted octanol–water partition coefficient (Wildman–Crippen LogP) is 2.10. The molecule has 0 aliphatic heterocycles. The number of benzene rings is 2. The number of phenolic OH excluding ortho intramolecular Hbond substituents is 1. The Labute approximate surface area is 164 Å². The number of aromatic hydroxyl groups is 1. The highest BCUT2D eigenvalue weighted by atomic mass is 32.2. The maximum atomic E-state index is 12.4. The summed E-state index contributed by atoms with van der Waals surface area (Å²) in [6.07, 6.45) is 2.31. The molecule has 0 unspecified atom stereocenters. The second-order valence-electron chi connectivity index (χ2n) is 5.95. The van der Waals surface area contributed by atoms with Crippen LogP contribution in [-0.4, -0.2) is 44.6 Å². The molecule has 150 valence electrons. The Morgan fingerprint density at radius 2 is 1.89 bits per heavy atom. The number of nitrogens with zero attached hydrogens (tertiary/aromatic N) is 2. The summed E-state index contributed by atoms with van der Waals surface area (Å²) in [4.78, 5) is 12.4. The van der Waals surface area contributed by atoms with E-state index in [1.54, 1.807) is 42.5 Å². The van der Waals surface area contributed by atoms with Gasteiger partial charge >= 0.3 is 0 Å². The van der Waals surface area contributed by atoms with Crippen molar-refractivity contribution in [3.05, 3.63) is 54.1 Å². The maximum Gasteiger partial charge on any atom is 0.263 e. The van der Waals surface area contributed by atoms with E-state index in [1.165, 1.54) is 19.2 Å². The number of hydrazone groups is 1. The molecule has 0 heterocycles. The van der Waals surface area contributed by atoms with Gasteiger partial charge in [0, 0.05) is 5.56 Å². The number of carbonyl (C=O) groups excluding carboxylic acids is 1. The summed E-state index contributed by atoms with van der Waals surface area (Å²) in [6, 6.07) is 11.9. The normalized spacial score (nSPS) is 12.5. The van der Waals surface area contributed by atoms with E-state index < -0.39 is 22.0 Å². The molecule has 2 rings (SSSR count). The van der Waals surface area contributed by atoms with Gasteiger partial charge in [0.05, 0.1) is 24.8 Å². The Bertz CT molecular complexity index is 942. The summed E-state index contributed by atoms with van der Waals surface area (Å²) >= 11 is 0. The van der Waals surface area contributed by atoms with Crippen LogP contribution in [0.1, 0.15) is 19.4 Å². The molecule has 1 amide bonds. The van der Waals surface area contributed by atoms with E-state index in [1.807, 2.05) is 6.92 Å². The first kappa shape index (κ1) is 21.2. The van der Waals surface area contributed by atoms with E-state index >= 15 is 0 Å². The van der Waals surface area contributed by atoms with Gasteiger partial charge in [-0.05, 0) is 50.2 Å². The minimum atomic E-state index is -3.73. The molecule has 8 nitrogen and oxygen atoms in total. The molecule has 0 saturated heterocycles. The number of phenols is 1. The van der Waals surface area contributed by atoms with Gasteiger partial charge in [0.15, 0.2) is 0 Å². The molecule has 2 aromatic carbocycles. The molecule has 0 spiro atoms. The molecule has 0 radical (unpaired) electrons. The fraction of sp³-hybridized carbons (Fsp3) is 0.263. The molecule has 0 aliphatic rings. The van der Waals surface area contributed by atoms with Gasteiger partial charge in [-0.25, -0.2) is 13.8 Å². The van der Waals surface area contributed by atoms with E-state index in [-0.39, 0.29) is 5.75 Å². The Morgan fingerprint density at radius 3 is 2.46 bits per heavy atom. The minimum Gasteiger partial charge on any atom is -0.507 e. The smallest absolute Gasteiger partial charge is 0.263 e. The first-order chi connectivity index (χ1) is 13.2. The Kier molecular flexibility index (Phi) is 7.00. The van der Waals surface area contributed by atoms with E-state index in [9.17, 15) is 18.3 Å². The van der Waals surface area contributed by atoms with Gasteiger partial charge in [0.1, 0.15) is 17.5 Å². The topological polar surface area (TPSA) is 108 Å². The third kappa shape index (κ3) is 5.46. The van der Waals surface area contributed by atoms with Crippen molar-refractivity contribution in [2.75, 3.05) is 17.2 Å². The molecule has 2 aromatic rings. The Hall–Kier alpha value is -3.07. The zero-order valence-corrected chi connectivity index (χ0v) is 16.7. The van der Waals surface area contributed by atoms with E-state index in [0.29, 0.717) is 23.6 Å². The average Bonchev–Trinajstić information content (AvgIpc) is 2.64. The van der Waals surface area contributed by atoms with Crippen LogP contribution in [0.15, 0.2) is 53.6 Å². The second kappa shape index (κ2) is 9.23. The van der Waals surface area contributed by atoms with Crippen molar-refractivity contribution in [3.63, 3.8) is 0 Å². The van der Waals surface area contributed by atoms with E-state index in [4.69, 9.17) is 4.74 Å². The summed E-state index contributed by atoms with van der Waals surface area (Å²) in [5.41, 5.74) is 3.05. The molecule has 2 N–H and O–H groups in total. The number of carbonyl (C=O) groups is 1. The first-order valence-corrected chi connectivity index (χ1v) is 10.4. The molecule has 0 aliphatic carbocycles. The maximum absolute atomic E-state index is 12.4. The van der Waals surface area contributed by atoms with Crippen molar-refractivity contribution in [2.45, 2.75) is 19.9 Å². The number of amides is 1. The van der Waals surface area contributed by atoms with Gasteiger partial charge in [-0.1, -0.05) is 12.1 Å². The minimum absolute atomic E-state index is 0.0145. The predicted molar refractivity (Wildman–Crippen MR) is 108 cm³/mol. The van der Waals surface area contributed by atoms with E-state index in [0.717, 1.165) is 10.6 Å². The van der Waals surface area contributed by atoms with Crippen LogP contribution in [0.25, 0.3) is 0 Å². The monoisotopic (exact) mass is 405 g/mol. The van der Waals surface area contributed by atoms with Crippen molar-refractivity contribution in [2.24, 2.45) is 5.10 Å². The summed E-state index contributed by atoms with van der Waals surface area (Å²) < 4.78 is 30.9. The average molecular weight is 405 g/mol. The van der Waals surface area contributed by atoms with Crippen LogP contribution in [0.3, 0.4) is 0 Å². The number of para-hydroxylation sites is 1. The zero-order chi connectivity index (χ0) is 20.7. The summed E-state index contributed by atoms with van der Waals surface area (Å²) in [6.45, 7) is 3.80. The fourth-order valence-electron chi connectivity index (χ4n) is 2.52. The van der Waals surface area contributed by atoms with Gasteiger partial charge in [-0.2, -0.15) is 5.10 Å². The number of hydrogen-bond acceptors (Lipinski definition) is 6. The molecule has 28 heavy (non-hydrogen) atoms. The number of anilines is 1. The third-order valence-corrected chi connectivity index (χ3v) is 5.05. The van der Waals surface area contributed by atoms with Crippen LogP contribution in [-0.2, 0) is 14.8 Å². The zero-order valence-electron chi connectivity index (χ0n) is 15.9. The lowest BCUT2D eigenvalue weighted by Gasteiger charge is -2.27. The van der Waals surface area contributed by atoms with Gasteiger partial charge < -0.3 is 9.84 Å². The SMILES string of the molecule is CCOc1ccc(N([C@@H](C)C(=O)N/N=C\c2ccccc2O)S(C)(=O)=O)cc1. The third-order valence-electron chi connectivity index (χ3n) is 3.81. The molecular weight excluding hydrogens is 382 g/mol. The van der Waals surface area contributed by atoms with E-state index in [2.05, 4.69) is 10.5 Å². The van der Waals surface area contributed by atoms with Gasteiger partial charge in [-0.15, -0.1) is 0 Å². The van der Waals surface area contributed by atoms with Gasteiger partial charge in [0.25, 0.3) is 5.91 Å². The molecule has 0 fully saturated rings. The number of ether oxygens (including phenoxy) is 1. The van der Waals surface area contributed by atoms with Crippen LogP contribution < -0.4 is 14.5 Å². The summed E-state index contributed by atoms with van der Waals surface area (Å²) in [7, 11) is -3.73. The largest absolute Gasteiger partial charge is 0.507 e. The fourth-order valence-corrected chi connectivity index (χ4v) is 3.70. The molecule has 0 saturated carbocycles. The van der Waals surface area contributed by atoms with Crippen molar-refractivity contribution in [3.8, 4) is 11.5 Å². The van der Waals surface area contributed by atoms with Crippen LogP contribution in [0, 0.1) is 0 Å². The molecular formula is C19H23N3O5S. The lowest BCUT2D eigenvalue weighted by Crippen LogP contribution is -2.46. The summed E-state index contributed by atoms with van der Waals surface area (Å²) in [5.74, 6) is -0.00393. The Morgan fingerprint density at radius 1 is 1.25 bits per heavy atom. The number of sulfonamides is 1. The highest BCUT2D eigenvalue weighted by Gasteiger charge is 2.29.